The summed E-state index contributed by atoms with van der Waals surface area (Å²) < 4.78 is 28.4. The molecule has 7 heteroatoms. The van der Waals surface area contributed by atoms with Gasteiger partial charge in [0, 0.05) is 12.3 Å². The minimum Gasteiger partial charge on any atom is -0.439 e. The lowest BCUT2D eigenvalue weighted by Gasteiger charge is -2.11. The Balaban J connectivity index is 2.05. The van der Waals surface area contributed by atoms with Gasteiger partial charge in [0.05, 0.1) is 11.9 Å². The number of aryl methyl sites for hydroxylation is 2. The number of nitrogens with one attached hydrogen (secondary N) is 1. The lowest BCUT2D eigenvalue weighted by atomic mass is 10.1. The highest BCUT2D eigenvalue weighted by molar-refractivity contribution is 7.92. The van der Waals surface area contributed by atoms with Crippen molar-refractivity contribution in [2.75, 3.05) is 11.6 Å². The third-order valence-electron chi connectivity index (χ3n) is 3.72. The molecule has 0 bridgehead atoms. The normalized spacial score (nSPS) is 12.5. The summed E-state index contributed by atoms with van der Waals surface area (Å²) in [6.45, 7) is 5.36. The smallest absolute Gasteiger partial charge is 0.242 e. The van der Waals surface area contributed by atoms with Crippen molar-refractivity contribution in [3.63, 3.8) is 0 Å². The van der Waals surface area contributed by atoms with Crippen LogP contribution in [0.25, 0.3) is 0 Å². The molecule has 0 saturated carbocycles. The first-order chi connectivity index (χ1) is 11.2. The monoisotopic (exact) mass is 348 g/mol. The van der Waals surface area contributed by atoms with Gasteiger partial charge in [0.1, 0.15) is 11.0 Å². The van der Waals surface area contributed by atoms with Gasteiger partial charge in [-0.15, -0.1) is 0 Å². The minimum atomic E-state index is -3.44. The Hall–Kier alpha value is -2.41. The third-order valence-corrected chi connectivity index (χ3v) is 5.21. The molecule has 1 unspecified atom stereocenters. The van der Waals surface area contributed by atoms with Crippen molar-refractivity contribution >= 4 is 21.4 Å². The molecule has 1 heterocycles. The van der Waals surface area contributed by atoms with Crippen molar-refractivity contribution in [2.45, 2.75) is 26.0 Å². The van der Waals surface area contributed by atoms with Gasteiger partial charge in [0.25, 0.3) is 0 Å². The second-order valence-corrected chi connectivity index (χ2v) is 8.06. The predicted octanol–water partition coefficient (Wildman–Crippen LogP) is 2.86. The number of sulfone groups is 1. The van der Waals surface area contributed by atoms with Crippen LogP contribution in [0.4, 0.5) is 5.69 Å². The molecule has 0 fully saturated rings. The Bertz CT molecular complexity index is 845. The van der Waals surface area contributed by atoms with Crippen LogP contribution in [-0.4, -0.2) is 30.8 Å². The molecule has 1 N–H and O–H groups in total. The fraction of sp³-hybridized carbons (Fsp3) is 0.294. The van der Waals surface area contributed by atoms with E-state index < -0.39 is 21.0 Å². The number of pyridine rings is 1. The topological polar surface area (TPSA) is 85.4 Å². The Morgan fingerprint density at radius 3 is 2.42 bits per heavy atom. The maximum Gasteiger partial charge on any atom is 0.242 e. The number of rotatable bonds is 5. The van der Waals surface area contributed by atoms with Gasteiger partial charge in [-0.1, -0.05) is 6.07 Å². The molecular weight excluding hydrogens is 328 g/mol. The number of aromatic nitrogens is 1. The number of anilines is 1. The highest BCUT2D eigenvalue weighted by Gasteiger charge is 2.23. The maximum atomic E-state index is 11.9. The second-order valence-electron chi connectivity index (χ2n) is 5.69. The Morgan fingerprint density at radius 2 is 1.88 bits per heavy atom. The van der Waals surface area contributed by atoms with Gasteiger partial charge < -0.3 is 10.1 Å². The first-order valence-corrected chi connectivity index (χ1v) is 9.33. The first kappa shape index (κ1) is 17.9. The average molecular weight is 348 g/mol. The zero-order valence-corrected chi connectivity index (χ0v) is 14.8. The molecule has 6 nitrogen and oxygen atoms in total. The fourth-order valence-electron chi connectivity index (χ4n) is 1.85. The third kappa shape index (κ3) is 4.55. The molecule has 128 valence electrons. The largest absolute Gasteiger partial charge is 0.439 e. The molecule has 1 aromatic heterocycles. The van der Waals surface area contributed by atoms with Crippen LogP contribution in [0, 0.1) is 13.8 Å². The summed E-state index contributed by atoms with van der Waals surface area (Å²) in [6.07, 6.45) is 2.44. The Morgan fingerprint density at radius 1 is 1.17 bits per heavy atom. The molecule has 0 aliphatic heterocycles. The molecule has 2 aromatic rings. The lowest BCUT2D eigenvalue weighted by Crippen LogP contribution is -2.31. The predicted molar refractivity (Wildman–Crippen MR) is 93.2 cm³/mol. The molecule has 24 heavy (non-hydrogen) atoms. The number of hydrogen-bond donors (Lipinski definition) is 1. The molecule has 1 atom stereocenters. The van der Waals surface area contributed by atoms with Gasteiger partial charge in [-0.05, 0) is 50.1 Å². The summed E-state index contributed by atoms with van der Waals surface area (Å²) >= 11 is 0. The zero-order chi connectivity index (χ0) is 17.9. The summed E-state index contributed by atoms with van der Waals surface area (Å²) in [5.74, 6) is 0.461. The average Bonchev–Trinajstić information content (AvgIpc) is 2.51. The summed E-state index contributed by atoms with van der Waals surface area (Å²) in [5, 5.41) is 1.40. The van der Waals surface area contributed by atoms with Crippen molar-refractivity contribution in [2.24, 2.45) is 0 Å². The summed E-state index contributed by atoms with van der Waals surface area (Å²) in [7, 11) is -3.44. The number of ether oxygens (including phenoxy) is 1. The van der Waals surface area contributed by atoms with Crippen LogP contribution in [-0.2, 0) is 14.6 Å². The van der Waals surface area contributed by atoms with E-state index in [-0.39, 0.29) is 0 Å². The van der Waals surface area contributed by atoms with Crippen molar-refractivity contribution in [3.05, 3.63) is 47.7 Å². The van der Waals surface area contributed by atoms with Gasteiger partial charge in [-0.25, -0.2) is 13.4 Å². The van der Waals surface area contributed by atoms with Crippen LogP contribution in [0.5, 0.6) is 11.6 Å². The standard InChI is InChI=1S/C17H20N2O4S/c1-11-5-7-15(9-12(11)2)23-16-8-6-14(10-18-16)19-17(20)13(3)24(4,21)22/h5-10,13H,1-4H3,(H,19,20). The molecule has 0 saturated heterocycles. The minimum absolute atomic E-state index is 0.382. The van der Waals surface area contributed by atoms with E-state index in [0.717, 1.165) is 11.8 Å². The summed E-state index contributed by atoms with van der Waals surface area (Å²) in [4.78, 5) is 16.0. The van der Waals surface area contributed by atoms with E-state index in [2.05, 4.69) is 10.3 Å². The van der Waals surface area contributed by atoms with Crippen LogP contribution in [0.1, 0.15) is 18.1 Å². The molecule has 0 aliphatic rings. The van der Waals surface area contributed by atoms with Crippen LogP contribution in [0.3, 0.4) is 0 Å². The maximum absolute atomic E-state index is 11.9. The molecule has 1 amide bonds. The molecule has 0 spiro atoms. The quantitative estimate of drug-likeness (QED) is 0.898. The molecule has 1 aromatic carbocycles. The van der Waals surface area contributed by atoms with Gasteiger partial charge in [-0.2, -0.15) is 0 Å². The fourth-order valence-corrected chi connectivity index (χ4v) is 2.30. The number of hydrogen-bond acceptors (Lipinski definition) is 5. The molecule has 0 radical (unpaired) electrons. The van der Waals surface area contributed by atoms with E-state index in [1.165, 1.54) is 18.7 Å². The van der Waals surface area contributed by atoms with E-state index in [9.17, 15) is 13.2 Å². The Kier molecular flexibility index (Phi) is 5.23. The number of benzene rings is 1. The van der Waals surface area contributed by atoms with E-state index >= 15 is 0 Å². The second kappa shape index (κ2) is 7.00. The molecule has 0 aliphatic carbocycles. The van der Waals surface area contributed by atoms with Crippen molar-refractivity contribution in [1.29, 1.82) is 0 Å². The Labute approximate surface area is 141 Å². The van der Waals surface area contributed by atoms with E-state index in [4.69, 9.17) is 4.74 Å². The van der Waals surface area contributed by atoms with Crippen LogP contribution >= 0.6 is 0 Å². The number of carbonyl (C=O) groups excluding carboxylic acids is 1. The number of carbonyl (C=O) groups is 1. The SMILES string of the molecule is Cc1ccc(Oc2ccc(NC(=O)C(C)S(C)(=O)=O)cn2)cc1C. The van der Waals surface area contributed by atoms with Crippen LogP contribution in [0.2, 0.25) is 0 Å². The first-order valence-electron chi connectivity index (χ1n) is 7.37. The molecular formula is C17H20N2O4S. The zero-order valence-electron chi connectivity index (χ0n) is 14.0. The highest BCUT2D eigenvalue weighted by atomic mass is 32.2. The van der Waals surface area contributed by atoms with Gasteiger partial charge in [0.2, 0.25) is 11.8 Å². The van der Waals surface area contributed by atoms with E-state index in [1.54, 1.807) is 12.1 Å². The molecule has 2 rings (SSSR count). The van der Waals surface area contributed by atoms with Crippen molar-refractivity contribution < 1.29 is 17.9 Å². The summed E-state index contributed by atoms with van der Waals surface area (Å²) in [5.41, 5.74) is 2.70. The van der Waals surface area contributed by atoms with Gasteiger partial charge in [-0.3, -0.25) is 4.79 Å². The summed E-state index contributed by atoms with van der Waals surface area (Å²) in [6, 6.07) is 8.95. The van der Waals surface area contributed by atoms with E-state index in [1.807, 2.05) is 32.0 Å². The van der Waals surface area contributed by atoms with Gasteiger partial charge in [0.15, 0.2) is 9.84 Å². The highest BCUT2D eigenvalue weighted by Crippen LogP contribution is 2.23. The van der Waals surface area contributed by atoms with E-state index in [0.29, 0.717) is 17.3 Å². The lowest BCUT2D eigenvalue weighted by molar-refractivity contribution is -0.115. The van der Waals surface area contributed by atoms with Gasteiger partial charge >= 0.3 is 0 Å². The number of amides is 1. The van der Waals surface area contributed by atoms with Crippen LogP contribution < -0.4 is 10.1 Å². The number of nitrogens with zero attached hydrogens (tertiary/aromatic N) is 1. The van der Waals surface area contributed by atoms with Crippen molar-refractivity contribution in [1.82, 2.24) is 4.98 Å². The van der Waals surface area contributed by atoms with Crippen LogP contribution in [0.15, 0.2) is 36.5 Å². The van der Waals surface area contributed by atoms with Crippen molar-refractivity contribution in [3.8, 4) is 11.6 Å².